The van der Waals surface area contributed by atoms with Crippen molar-refractivity contribution in [2.75, 3.05) is 72.5 Å². The first-order chi connectivity index (χ1) is 22.2. The zero-order valence-electron chi connectivity index (χ0n) is 26.9. The third kappa shape index (κ3) is 16.7. The number of likely N-dealkylation sites (tertiary alicyclic amines) is 1. The molecule has 46 heavy (non-hydrogen) atoms. The second-order valence-corrected chi connectivity index (χ2v) is 10.7. The molecule has 3 amide bonds. The van der Waals surface area contributed by atoms with E-state index in [4.69, 9.17) is 24.5 Å². The second kappa shape index (κ2) is 24.7. The number of azide groups is 1. The van der Waals surface area contributed by atoms with Crippen LogP contribution >= 0.6 is 0 Å². The maximum absolute atomic E-state index is 13.2. The van der Waals surface area contributed by atoms with Gasteiger partial charge in [0.15, 0.2) is 0 Å². The van der Waals surface area contributed by atoms with Crippen molar-refractivity contribution in [1.82, 2.24) is 15.5 Å². The van der Waals surface area contributed by atoms with E-state index in [0.29, 0.717) is 45.9 Å². The van der Waals surface area contributed by atoms with Gasteiger partial charge in [0.1, 0.15) is 12.1 Å². The SMILES string of the molecule is CCCC[C@H](NC(=O)[C@@H]1CN(C(=O)CCOCCOCCOCCOCCN=[N+]=[N-])C[C@H]1C(=O)N[C@@H](CCCC)C(=O)O)C(=O)O. The molecule has 4 N–H and O–H groups in total. The molecule has 1 heterocycles. The van der Waals surface area contributed by atoms with Crippen molar-refractivity contribution in [2.24, 2.45) is 17.0 Å². The van der Waals surface area contributed by atoms with E-state index >= 15 is 0 Å². The molecule has 0 aromatic rings. The third-order valence-corrected chi connectivity index (χ3v) is 7.24. The van der Waals surface area contributed by atoms with Gasteiger partial charge in [0.25, 0.3) is 0 Å². The Morgan fingerprint density at radius 3 is 1.57 bits per heavy atom. The summed E-state index contributed by atoms with van der Waals surface area (Å²) in [4.78, 5) is 66.8. The fourth-order valence-electron chi connectivity index (χ4n) is 4.66. The minimum Gasteiger partial charge on any atom is -0.480 e. The molecular formula is C29H50N6O11. The van der Waals surface area contributed by atoms with E-state index in [1.807, 2.05) is 13.8 Å². The summed E-state index contributed by atoms with van der Waals surface area (Å²) in [6, 6.07) is -2.29. The van der Waals surface area contributed by atoms with Gasteiger partial charge in [-0.2, -0.15) is 0 Å². The molecule has 1 fully saturated rings. The van der Waals surface area contributed by atoms with Gasteiger partial charge >= 0.3 is 11.9 Å². The molecule has 17 heteroatoms. The number of hydrogen-bond donors (Lipinski definition) is 4. The summed E-state index contributed by atoms with van der Waals surface area (Å²) in [5, 5.41) is 27.5. The lowest BCUT2D eigenvalue weighted by Crippen LogP contribution is -2.49. The summed E-state index contributed by atoms with van der Waals surface area (Å²) in [6.45, 7) is 6.17. The number of amides is 3. The Labute approximate surface area is 269 Å². The van der Waals surface area contributed by atoms with Crippen molar-refractivity contribution in [3.05, 3.63) is 10.4 Å². The maximum atomic E-state index is 13.2. The lowest BCUT2D eigenvalue weighted by Gasteiger charge is -2.22. The van der Waals surface area contributed by atoms with E-state index in [1.54, 1.807) is 0 Å². The van der Waals surface area contributed by atoms with Crippen molar-refractivity contribution in [3.63, 3.8) is 0 Å². The molecule has 0 bridgehead atoms. The number of carbonyl (C=O) groups excluding carboxylic acids is 3. The average molecular weight is 659 g/mol. The first-order valence-electron chi connectivity index (χ1n) is 15.8. The van der Waals surface area contributed by atoms with E-state index in [2.05, 4.69) is 20.7 Å². The predicted molar refractivity (Wildman–Crippen MR) is 164 cm³/mol. The highest BCUT2D eigenvalue weighted by atomic mass is 16.6. The smallest absolute Gasteiger partial charge is 0.326 e. The van der Waals surface area contributed by atoms with Crippen molar-refractivity contribution < 1.29 is 53.1 Å². The standard InChI is InChI=1S/C29H50N6O11/c1-3-5-7-23(28(39)40)32-26(37)21-19-35(20-22(21)27(38)33-24(29(41)42)8-6-4-2)25(36)9-11-43-13-15-45-17-18-46-16-14-44-12-10-31-34-30/h21-24H,3-20H2,1-2H3,(H,32,37)(H,33,38)(H,39,40)(H,41,42)/t21-,22-,23+,24+/m1/s1. The first kappa shape index (κ1) is 40.5. The molecule has 1 saturated heterocycles. The molecule has 0 saturated carbocycles. The maximum Gasteiger partial charge on any atom is 0.326 e. The summed E-state index contributed by atoms with van der Waals surface area (Å²) in [5.74, 6) is -6.19. The monoisotopic (exact) mass is 658 g/mol. The molecule has 0 spiro atoms. The van der Waals surface area contributed by atoms with Crippen LogP contribution in [0.1, 0.15) is 58.8 Å². The van der Waals surface area contributed by atoms with Gasteiger partial charge in [-0.05, 0) is 18.4 Å². The van der Waals surface area contributed by atoms with Crippen LogP contribution < -0.4 is 10.6 Å². The third-order valence-electron chi connectivity index (χ3n) is 7.24. The molecule has 1 aliphatic rings. The van der Waals surface area contributed by atoms with E-state index in [1.165, 1.54) is 4.90 Å². The average Bonchev–Trinajstić information content (AvgIpc) is 3.49. The van der Waals surface area contributed by atoms with Crippen LogP contribution in [0.4, 0.5) is 0 Å². The summed E-state index contributed by atoms with van der Waals surface area (Å²) >= 11 is 0. The normalized spacial score (nSPS) is 17.1. The lowest BCUT2D eigenvalue weighted by atomic mass is 9.93. The molecule has 0 unspecified atom stereocenters. The van der Waals surface area contributed by atoms with Crippen molar-refractivity contribution in [2.45, 2.75) is 70.9 Å². The number of nitrogens with zero attached hydrogens (tertiary/aromatic N) is 4. The quantitative estimate of drug-likeness (QED) is 0.0425. The Kier molecular flexibility index (Phi) is 21.8. The van der Waals surface area contributed by atoms with Gasteiger partial charge < -0.3 is 44.7 Å². The minimum atomic E-state index is -1.20. The van der Waals surface area contributed by atoms with Crippen LogP contribution in [0.3, 0.4) is 0 Å². The zero-order chi connectivity index (χ0) is 34.2. The molecule has 0 aromatic heterocycles. The number of carboxylic acid groups (broad SMARTS) is 2. The predicted octanol–water partition coefficient (Wildman–Crippen LogP) is 1.35. The van der Waals surface area contributed by atoms with Crippen molar-refractivity contribution >= 4 is 29.7 Å². The van der Waals surface area contributed by atoms with Crippen LogP contribution in [-0.2, 0) is 42.9 Å². The highest BCUT2D eigenvalue weighted by molar-refractivity contribution is 5.93. The molecule has 0 aromatic carbocycles. The number of rotatable bonds is 27. The Morgan fingerprint density at radius 1 is 0.761 bits per heavy atom. The first-order valence-corrected chi connectivity index (χ1v) is 15.8. The Morgan fingerprint density at radius 2 is 1.17 bits per heavy atom. The number of aliphatic carboxylic acids is 2. The van der Waals surface area contributed by atoms with Crippen LogP contribution in [0, 0.1) is 11.8 Å². The summed E-state index contributed by atoms with van der Waals surface area (Å²) < 4.78 is 21.4. The second-order valence-electron chi connectivity index (χ2n) is 10.7. The van der Waals surface area contributed by atoms with Gasteiger partial charge in [0, 0.05) is 24.5 Å². The molecule has 1 aliphatic heterocycles. The Bertz CT molecular complexity index is 947. The van der Waals surface area contributed by atoms with Crippen LogP contribution in [0.5, 0.6) is 0 Å². The Balaban J connectivity index is 2.58. The molecule has 0 aliphatic carbocycles. The van der Waals surface area contributed by atoms with Crippen molar-refractivity contribution in [1.29, 1.82) is 0 Å². The van der Waals surface area contributed by atoms with Gasteiger partial charge in [-0.25, -0.2) is 9.59 Å². The van der Waals surface area contributed by atoms with Gasteiger partial charge in [-0.1, -0.05) is 44.6 Å². The van der Waals surface area contributed by atoms with Gasteiger partial charge in [-0.3, -0.25) is 14.4 Å². The van der Waals surface area contributed by atoms with E-state index in [9.17, 15) is 34.2 Å². The number of hydrogen-bond acceptors (Lipinski definition) is 10. The van der Waals surface area contributed by atoms with Crippen LogP contribution in [0.25, 0.3) is 10.4 Å². The lowest BCUT2D eigenvalue weighted by molar-refractivity contribution is -0.144. The highest BCUT2D eigenvalue weighted by Crippen LogP contribution is 2.26. The molecule has 1 rings (SSSR count). The molecule has 262 valence electrons. The largest absolute Gasteiger partial charge is 0.480 e. The fourth-order valence-corrected chi connectivity index (χ4v) is 4.66. The number of carbonyl (C=O) groups is 5. The van der Waals surface area contributed by atoms with E-state index in [-0.39, 0.29) is 64.6 Å². The number of carboxylic acids is 2. The van der Waals surface area contributed by atoms with E-state index in [0.717, 1.165) is 12.8 Å². The molecule has 4 atom stereocenters. The Hall–Kier alpha value is -3.50. The van der Waals surface area contributed by atoms with Gasteiger partial charge in [0.05, 0.1) is 71.1 Å². The summed E-state index contributed by atoms with van der Waals surface area (Å²) in [6.07, 6.45) is 3.01. The van der Waals surface area contributed by atoms with Crippen LogP contribution in [0.15, 0.2) is 5.11 Å². The van der Waals surface area contributed by atoms with E-state index < -0.39 is 47.7 Å². The molecule has 0 radical (unpaired) electrons. The number of nitrogens with one attached hydrogen (secondary N) is 2. The van der Waals surface area contributed by atoms with Crippen LogP contribution in [-0.4, -0.2) is 129 Å². The fraction of sp³-hybridized carbons (Fsp3) is 0.828. The molecule has 17 nitrogen and oxygen atoms in total. The highest BCUT2D eigenvalue weighted by Gasteiger charge is 2.44. The van der Waals surface area contributed by atoms with Gasteiger partial charge in [0.2, 0.25) is 17.7 Å². The topological polar surface area (TPSA) is 239 Å². The van der Waals surface area contributed by atoms with Gasteiger partial charge in [-0.15, -0.1) is 0 Å². The van der Waals surface area contributed by atoms with Crippen LogP contribution in [0.2, 0.25) is 0 Å². The number of ether oxygens (including phenoxy) is 4. The summed E-state index contributed by atoms with van der Waals surface area (Å²) in [7, 11) is 0. The molecular weight excluding hydrogens is 608 g/mol. The minimum absolute atomic E-state index is 0.0199. The zero-order valence-corrected chi connectivity index (χ0v) is 26.9. The number of unbranched alkanes of at least 4 members (excludes halogenated alkanes) is 2. The summed E-state index contributed by atoms with van der Waals surface area (Å²) in [5.41, 5.74) is 8.17. The van der Waals surface area contributed by atoms with Crippen molar-refractivity contribution in [3.8, 4) is 0 Å².